The van der Waals surface area contributed by atoms with E-state index in [1.165, 1.54) is 0 Å². The Bertz CT molecular complexity index is 1010. The Morgan fingerprint density at radius 3 is 2.59 bits per heavy atom. The molecule has 0 fully saturated rings. The van der Waals surface area contributed by atoms with E-state index in [4.69, 9.17) is 9.72 Å². The molecule has 0 aliphatic carbocycles. The molecule has 0 amide bonds. The number of pyridine rings is 1. The van der Waals surface area contributed by atoms with E-state index in [-0.39, 0.29) is 34.0 Å². The molecule has 0 saturated carbocycles. The van der Waals surface area contributed by atoms with E-state index in [0.29, 0.717) is 6.61 Å². The van der Waals surface area contributed by atoms with E-state index in [2.05, 4.69) is 20.1 Å². The Morgan fingerprint density at radius 2 is 1.85 bits per heavy atom. The highest BCUT2D eigenvalue weighted by Crippen LogP contribution is 2.30. The van der Waals surface area contributed by atoms with Crippen molar-refractivity contribution in [1.82, 2.24) is 14.4 Å². The summed E-state index contributed by atoms with van der Waals surface area (Å²) in [7, 11) is 0. The number of rotatable bonds is 5. The summed E-state index contributed by atoms with van der Waals surface area (Å²) in [6.07, 6.45) is 2.02. The summed E-state index contributed by atoms with van der Waals surface area (Å²) >= 11 is 1.58. The zero-order chi connectivity index (χ0) is 17.2. The fourth-order valence-corrected chi connectivity index (χ4v) is 3.50. The minimum atomic E-state index is 0. The summed E-state index contributed by atoms with van der Waals surface area (Å²) in [5.41, 5.74) is 4.86. The number of halogens is 2. The number of hydrogen-bond donors (Lipinski definition) is 1. The molecule has 3 aromatic heterocycles. The number of hydrogen-bond acceptors (Lipinski definition) is 5. The molecule has 4 rings (SSSR count). The number of thiazole rings is 1. The van der Waals surface area contributed by atoms with Crippen molar-refractivity contribution in [3.63, 3.8) is 0 Å². The minimum absolute atomic E-state index is 0. The first-order valence-corrected chi connectivity index (χ1v) is 9.02. The van der Waals surface area contributed by atoms with Crippen molar-refractivity contribution in [1.29, 1.82) is 0 Å². The van der Waals surface area contributed by atoms with Crippen LogP contribution in [0, 0.1) is 6.92 Å². The third-order valence-electron chi connectivity index (χ3n) is 3.87. The molecular formula is C19H20Br2N4OS. The zero-order valence-corrected chi connectivity index (χ0v) is 19.1. The lowest BCUT2D eigenvalue weighted by molar-refractivity contribution is 0.340. The fourth-order valence-electron chi connectivity index (χ4n) is 2.79. The summed E-state index contributed by atoms with van der Waals surface area (Å²) in [4.78, 5) is 9.34. The summed E-state index contributed by atoms with van der Waals surface area (Å²) in [6.45, 7) is 4.66. The van der Waals surface area contributed by atoms with Gasteiger partial charge in [-0.1, -0.05) is 6.07 Å². The van der Waals surface area contributed by atoms with E-state index in [1.807, 2.05) is 62.5 Å². The van der Waals surface area contributed by atoms with Crippen LogP contribution in [-0.2, 0) is 0 Å². The lowest BCUT2D eigenvalue weighted by Gasteiger charge is -2.05. The van der Waals surface area contributed by atoms with Crippen molar-refractivity contribution in [2.24, 2.45) is 0 Å². The van der Waals surface area contributed by atoms with Crippen molar-refractivity contribution < 1.29 is 4.74 Å². The van der Waals surface area contributed by atoms with E-state index < -0.39 is 0 Å². The first kappa shape index (κ1) is 21.4. The molecule has 0 saturated heterocycles. The largest absolute Gasteiger partial charge is 0.494 e. The molecule has 0 atom stereocenters. The van der Waals surface area contributed by atoms with Crippen LogP contribution in [0.3, 0.4) is 0 Å². The number of aryl methyl sites for hydroxylation is 1. The van der Waals surface area contributed by atoms with E-state index in [9.17, 15) is 0 Å². The second kappa shape index (κ2) is 9.34. The lowest BCUT2D eigenvalue weighted by atomic mass is 10.3. The molecule has 1 aromatic carbocycles. The predicted molar refractivity (Wildman–Crippen MR) is 123 cm³/mol. The summed E-state index contributed by atoms with van der Waals surface area (Å²) < 4.78 is 7.54. The van der Waals surface area contributed by atoms with Gasteiger partial charge in [0.25, 0.3) is 0 Å². The third-order valence-corrected chi connectivity index (χ3v) is 4.63. The molecule has 0 radical (unpaired) electrons. The maximum absolute atomic E-state index is 5.47. The van der Waals surface area contributed by atoms with Crippen LogP contribution >= 0.6 is 45.3 Å². The highest BCUT2D eigenvalue weighted by molar-refractivity contribution is 8.93. The molecule has 142 valence electrons. The van der Waals surface area contributed by atoms with Crippen LogP contribution in [0.2, 0.25) is 0 Å². The molecule has 0 aliphatic rings. The van der Waals surface area contributed by atoms with Gasteiger partial charge in [-0.3, -0.25) is 4.40 Å². The smallest absolute Gasteiger partial charge is 0.187 e. The van der Waals surface area contributed by atoms with E-state index in [1.54, 1.807) is 11.3 Å². The topological polar surface area (TPSA) is 51.5 Å². The van der Waals surface area contributed by atoms with Crippen molar-refractivity contribution in [3.05, 3.63) is 59.7 Å². The third kappa shape index (κ3) is 4.51. The Morgan fingerprint density at radius 1 is 1.07 bits per heavy atom. The molecule has 0 bridgehead atoms. The number of nitrogens with one attached hydrogen (secondary N) is 1. The van der Waals surface area contributed by atoms with Gasteiger partial charge in [-0.2, -0.15) is 0 Å². The SMILES string of the molecule is Br.Br.CCOc1ccc(Nc2nc(-c3c(C)nc4ccccn34)cs2)cc1. The highest BCUT2D eigenvalue weighted by atomic mass is 79.9. The average molecular weight is 512 g/mol. The monoisotopic (exact) mass is 510 g/mol. The second-order valence-corrected chi connectivity index (χ2v) is 6.45. The van der Waals surface area contributed by atoms with Gasteiger partial charge in [0.2, 0.25) is 0 Å². The number of fused-ring (bicyclic) bond motifs is 1. The zero-order valence-electron chi connectivity index (χ0n) is 14.9. The van der Waals surface area contributed by atoms with Crippen LogP contribution in [0.5, 0.6) is 5.75 Å². The van der Waals surface area contributed by atoms with Gasteiger partial charge in [-0.15, -0.1) is 45.3 Å². The van der Waals surface area contributed by atoms with Crippen molar-refractivity contribution in [2.75, 3.05) is 11.9 Å². The molecule has 4 aromatic rings. The van der Waals surface area contributed by atoms with Gasteiger partial charge in [-0.05, 0) is 50.2 Å². The van der Waals surface area contributed by atoms with Gasteiger partial charge in [0.1, 0.15) is 17.1 Å². The van der Waals surface area contributed by atoms with E-state index >= 15 is 0 Å². The summed E-state index contributed by atoms with van der Waals surface area (Å²) in [5.74, 6) is 0.870. The Balaban J connectivity index is 0.00000131. The number of imidazole rings is 1. The molecule has 0 aliphatic heterocycles. The summed E-state index contributed by atoms with van der Waals surface area (Å²) in [6, 6.07) is 13.9. The van der Waals surface area contributed by atoms with Gasteiger partial charge in [0.05, 0.1) is 18.0 Å². The van der Waals surface area contributed by atoms with Gasteiger partial charge in [0, 0.05) is 17.3 Å². The molecule has 5 nitrogen and oxygen atoms in total. The molecular weight excluding hydrogens is 492 g/mol. The van der Waals surface area contributed by atoms with Crippen molar-refractivity contribution in [2.45, 2.75) is 13.8 Å². The van der Waals surface area contributed by atoms with E-state index in [0.717, 1.165) is 39.3 Å². The maximum atomic E-state index is 5.47. The molecule has 27 heavy (non-hydrogen) atoms. The maximum Gasteiger partial charge on any atom is 0.187 e. The predicted octanol–water partition coefficient (Wildman–Crippen LogP) is 6.06. The molecule has 0 unspecified atom stereocenters. The Hall–Kier alpha value is -1.90. The molecule has 1 N–H and O–H groups in total. The van der Waals surface area contributed by atoms with Gasteiger partial charge in [0.15, 0.2) is 5.13 Å². The van der Waals surface area contributed by atoms with Crippen molar-refractivity contribution in [3.8, 4) is 17.1 Å². The lowest BCUT2D eigenvalue weighted by Crippen LogP contribution is -1.93. The Kier molecular flexibility index (Phi) is 7.41. The number of ether oxygens (including phenoxy) is 1. The van der Waals surface area contributed by atoms with Crippen LogP contribution in [0.25, 0.3) is 17.0 Å². The number of anilines is 2. The van der Waals surface area contributed by atoms with Crippen LogP contribution in [-0.4, -0.2) is 21.0 Å². The van der Waals surface area contributed by atoms with Crippen LogP contribution < -0.4 is 10.1 Å². The Labute approximate surface area is 183 Å². The molecule has 8 heteroatoms. The van der Waals surface area contributed by atoms with Crippen molar-refractivity contribution >= 4 is 61.8 Å². The number of benzene rings is 1. The second-order valence-electron chi connectivity index (χ2n) is 5.59. The first-order chi connectivity index (χ1) is 12.2. The summed E-state index contributed by atoms with van der Waals surface area (Å²) in [5, 5.41) is 6.25. The quantitative estimate of drug-likeness (QED) is 0.353. The number of nitrogens with zero attached hydrogens (tertiary/aromatic N) is 3. The molecule has 0 spiro atoms. The number of aromatic nitrogens is 3. The van der Waals surface area contributed by atoms with Gasteiger partial charge >= 0.3 is 0 Å². The fraction of sp³-hybridized carbons (Fsp3) is 0.158. The normalized spacial score (nSPS) is 10.1. The first-order valence-electron chi connectivity index (χ1n) is 8.14. The minimum Gasteiger partial charge on any atom is -0.494 e. The van der Waals surface area contributed by atoms with Crippen LogP contribution in [0.15, 0.2) is 54.0 Å². The molecule has 3 heterocycles. The van der Waals surface area contributed by atoms with Gasteiger partial charge < -0.3 is 10.1 Å². The standard InChI is InChI=1S/C19H18N4OS.2BrH/c1-3-24-15-9-7-14(8-10-15)21-19-22-16(12-25-19)18-13(2)20-17-6-4-5-11-23(17)18;;/h4-12H,3H2,1-2H3,(H,21,22);2*1H. The highest BCUT2D eigenvalue weighted by Gasteiger charge is 2.14. The average Bonchev–Trinajstić information content (AvgIpc) is 3.19. The van der Waals surface area contributed by atoms with Crippen LogP contribution in [0.1, 0.15) is 12.6 Å². The van der Waals surface area contributed by atoms with Gasteiger partial charge in [-0.25, -0.2) is 9.97 Å². The van der Waals surface area contributed by atoms with Crippen LogP contribution in [0.4, 0.5) is 10.8 Å².